The van der Waals surface area contributed by atoms with Crippen LogP contribution >= 0.6 is 0 Å². The molecule has 3 rings (SSSR count). The quantitative estimate of drug-likeness (QED) is 0.745. The minimum atomic E-state index is 0.451. The lowest BCUT2D eigenvalue weighted by Crippen LogP contribution is -2.18. The van der Waals surface area contributed by atoms with Gasteiger partial charge >= 0.3 is 0 Å². The summed E-state index contributed by atoms with van der Waals surface area (Å²) in [6, 6.07) is 17.7. The number of para-hydroxylation sites is 1. The molecule has 0 fully saturated rings. The summed E-state index contributed by atoms with van der Waals surface area (Å²) in [5.74, 6) is 2.00. The Morgan fingerprint density at radius 1 is 1.04 bits per heavy atom. The van der Waals surface area contributed by atoms with Gasteiger partial charge in [0, 0.05) is 17.9 Å². The first-order valence-electron chi connectivity index (χ1n) is 7.73. The average Bonchev–Trinajstić information content (AvgIpc) is 2.64. The first-order valence-corrected chi connectivity index (χ1v) is 7.73. The van der Waals surface area contributed by atoms with Crippen molar-refractivity contribution in [2.45, 2.75) is 6.92 Å². The Kier molecular flexibility index (Phi) is 4.86. The van der Waals surface area contributed by atoms with Crippen LogP contribution in [0.5, 0.6) is 5.75 Å². The zero-order valence-electron chi connectivity index (χ0n) is 13.7. The van der Waals surface area contributed by atoms with Crippen LogP contribution in [0.4, 0.5) is 23.1 Å². The fourth-order valence-electron chi connectivity index (χ4n) is 2.37. The molecule has 0 atom stereocenters. The Bertz CT molecular complexity index is 777. The normalized spacial score (nSPS) is 10.2. The highest BCUT2D eigenvalue weighted by atomic mass is 16.5. The SMILES string of the molecule is CCN(c1ccccc1)c1cnnc(Nc2ccc(OC)cc2)n1. The molecule has 0 aliphatic heterocycles. The third-order valence-corrected chi connectivity index (χ3v) is 3.55. The topological polar surface area (TPSA) is 63.2 Å². The number of benzene rings is 2. The monoisotopic (exact) mass is 321 g/mol. The van der Waals surface area contributed by atoms with Gasteiger partial charge in [-0.1, -0.05) is 18.2 Å². The molecule has 1 aromatic heterocycles. The van der Waals surface area contributed by atoms with E-state index in [2.05, 4.69) is 32.3 Å². The van der Waals surface area contributed by atoms with E-state index in [1.54, 1.807) is 13.3 Å². The largest absolute Gasteiger partial charge is 0.497 e. The molecule has 0 spiro atoms. The van der Waals surface area contributed by atoms with Gasteiger partial charge in [0.2, 0.25) is 5.95 Å². The van der Waals surface area contributed by atoms with Crippen molar-refractivity contribution < 1.29 is 4.74 Å². The summed E-state index contributed by atoms with van der Waals surface area (Å²) in [4.78, 5) is 6.65. The molecular weight excluding hydrogens is 302 g/mol. The second kappa shape index (κ2) is 7.41. The summed E-state index contributed by atoms with van der Waals surface area (Å²) < 4.78 is 5.16. The Morgan fingerprint density at radius 2 is 1.79 bits per heavy atom. The van der Waals surface area contributed by atoms with Crippen LogP contribution in [-0.4, -0.2) is 28.8 Å². The van der Waals surface area contributed by atoms with Crippen LogP contribution in [0.2, 0.25) is 0 Å². The van der Waals surface area contributed by atoms with E-state index in [9.17, 15) is 0 Å². The van der Waals surface area contributed by atoms with E-state index in [1.165, 1.54) is 0 Å². The molecular formula is C18H19N5O. The van der Waals surface area contributed by atoms with Gasteiger partial charge in [-0.3, -0.25) is 0 Å². The van der Waals surface area contributed by atoms with E-state index in [0.717, 1.165) is 29.5 Å². The summed E-state index contributed by atoms with van der Waals surface area (Å²) in [7, 11) is 1.64. The van der Waals surface area contributed by atoms with Gasteiger partial charge < -0.3 is 15.0 Å². The molecule has 2 aromatic carbocycles. The number of aromatic nitrogens is 3. The minimum Gasteiger partial charge on any atom is -0.497 e. The maximum Gasteiger partial charge on any atom is 0.249 e. The molecule has 6 heteroatoms. The number of hydrogen-bond donors (Lipinski definition) is 1. The highest BCUT2D eigenvalue weighted by molar-refractivity contribution is 5.61. The van der Waals surface area contributed by atoms with Crippen molar-refractivity contribution in [1.29, 1.82) is 0 Å². The van der Waals surface area contributed by atoms with Gasteiger partial charge in [0.25, 0.3) is 0 Å². The molecule has 0 amide bonds. The number of nitrogens with zero attached hydrogens (tertiary/aromatic N) is 4. The van der Waals surface area contributed by atoms with Crippen LogP contribution in [0.15, 0.2) is 60.8 Å². The lowest BCUT2D eigenvalue weighted by molar-refractivity contribution is 0.415. The molecule has 24 heavy (non-hydrogen) atoms. The highest BCUT2D eigenvalue weighted by Crippen LogP contribution is 2.23. The van der Waals surface area contributed by atoms with Gasteiger partial charge in [0.1, 0.15) is 5.75 Å². The van der Waals surface area contributed by atoms with Crippen LogP contribution in [0.3, 0.4) is 0 Å². The fraction of sp³-hybridized carbons (Fsp3) is 0.167. The van der Waals surface area contributed by atoms with E-state index < -0.39 is 0 Å². The zero-order chi connectivity index (χ0) is 16.8. The number of ether oxygens (including phenoxy) is 1. The van der Waals surface area contributed by atoms with E-state index in [1.807, 2.05) is 54.6 Å². The van der Waals surface area contributed by atoms with Gasteiger partial charge in [0.15, 0.2) is 5.82 Å². The number of methoxy groups -OCH3 is 1. The number of hydrogen-bond acceptors (Lipinski definition) is 6. The summed E-state index contributed by atoms with van der Waals surface area (Å²) >= 11 is 0. The molecule has 0 aliphatic carbocycles. The fourth-order valence-corrected chi connectivity index (χ4v) is 2.37. The van der Waals surface area contributed by atoms with Gasteiger partial charge in [-0.2, -0.15) is 10.1 Å². The van der Waals surface area contributed by atoms with Crippen molar-refractivity contribution in [2.75, 3.05) is 23.9 Å². The maximum absolute atomic E-state index is 5.16. The van der Waals surface area contributed by atoms with Gasteiger partial charge in [-0.05, 0) is 43.3 Å². The van der Waals surface area contributed by atoms with Crippen molar-refractivity contribution in [2.24, 2.45) is 0 Å². The van der Waals surface area contributed by atoms with Crippen LogP contribution in [0, 0.1) is 0 Å². The van der Waals surface area contributed by atoms with Gasteiger partial charge in [0.05, 0.1) is 13.3 Å². The van der Waals surface area contributed by atoms with Crippen LogP contribution in [0.25, 0.3) is 0 Å². The lowest BCUT2D eigenvalue weighted by atomic mass is 10.3. The minimum absolute atomic E-state index is 0.451. The lowest BCUT2D eigenvalue weighted by Gasteiger charge is -2.21. The summed E-state index contributed by atoms with van der Waals surface area (Å²) in [6.45, 7) is 2.86. The summed E-state index contributed by atoms with van der Waals surface area (Å²) in [5.41, 5.74) is 1.94. The Hall–Kier alpha value is -3.15. The number of nitrogens with one attached hydrogen (secondary N) is 1. The van der Waals surface area contributed by atoms with Crippen molar-refractivity contribution >= 4 is 23.1 Å². The molecule has 1 N–H and O–H groups in total. The third-order valence-electron chi connectivity index (χ3n) is 3.55. The molecule has 122 valence electrons. The second-order valence-electron chi connectivity index (χ2n) is 5.07. The van der Waals surface area contributed by atoms with E-state index >= 15 is 0 Å². The first-order chi connectivity index (χ1) is 11.8. The van der Waals surface area contributed by atoms with E-state index in [0.29, 0.717) is 5.95 Å². The Balaban J connectivity index is 1.82. The predicted molar refractivity (Wildman–Crippen MR) is 95.2 cm³/mol. The molecule has 0 unspecified atom stereocenters. The van der Waals surface area contributed by atoms with Crippen molar-refractivity contribution in [3.63, 3.8) is 0 Å². The zero-order valence-corrected chi connectivity index (χ0v) is 13.7. The second-order valence-corrected chi connectivity index (χ2v) is 5.07. The summed E-state index contributed by atoms with van der Waals surface area (Å²) in [6.07, 6.45) is 1.66. The van der Waals surface area contributed by atoms with Crippen molar-refractivity contribution in [1.82, 2.24) is 15.2 Å². The summed E-state index contributed by atoms with van der Waals surface area (Å²) in [5, 5.41) is 11.3. The smallest absolute Gasteiger partial charge is 0.249 e. The van der Waals surface area contributed by atoms with E-state index in [-0.39, 0.29) is 0 Å². The number of anilines is 4. The predicted octanol–water partition coefficient (Wildman–Crippen LogP) is 3.78. The molecule has 0 bridgehead atoms. The van der Waals surface area contributed by atoms with Gasteiger partial charge in [-0.25, -0.2) is 0 Å². The highest BCUT2D eigenvalue weighted by Gasteiger charge is 2.10. The maximum atomic E-state index is 5.16. The van der Waals surface area contributed by atoms with Crippen LogP contribution in [-0.2, 0) is 0 Å². The Labute approximate surface area is 141 Å². The molecule has 0 radical (unpaired) electrons. The molecule has 3 aromatic rings. The standard InChI is InChI=1S/C18H19N5O/c1-3-23(15-7-5-4-6-8-15)17-13-19-22-18(21-17)20-14-9-11-16(24-2)12-10-14/h4-13H,3H2,1-2H3,(H,20,21,22). The van der Waals surface area contributed by atoms with Crippen LogP contribution < -0.4 is 15.0 Å². The van der Waals surface area contributed by atoms with Crippen molar-refractivity contribution in [3.05, 3.63) is 60.8 Å². The molecule has 1 heterocycles. The molecule has 0 aliphatic rings. The first kappa shape index (κ1) is 15.7. The van der Waals surface area contributed by atoms with Gasteiger partial charge in [-0.15, -0.1) is 5.10 Å². The number of rotatable bonds is 6. The average molecular weight is 321 g/mol. The molecule has 0 saturated carbocycles. The van der Waals surface area contributed by atoms with E-state index in [4.69, 9.17) is 4.74 Å². The Morgan fingerprint density at radius 3 is 2.46 bits per heavy atom. The van der Waals surface area contributed by atoms with Crippen LogP contribution in [0.1, 0.15) is 6.92 Å². The van der Waals surface area contributed by atoms with Crippen molar-refractivity contribution in [3.8, 4) is 5.75 Å². The molecule has 6 nitrogen and oxygen atoms in total. The molecule has 0 saturated heterocycles. The third kappa shape index (κ3) is 3.60.